The van der Waals surface area contributed by atoms with E-state index >= 15 is 0 Å². The number of nitrogens with zero attached hydrogens (tertiary/aromatic N) is 2. The monoisotopic (exact) mass is 928 g/mol. The van der Waals surface area contributed by atoms with Gasteiger partial charge in [0, 0.05) is 13.1 Å². The van der Waals surface area contributed by atoms with Gasteiger partial charge in [-0.05, 0) is 88.5 Å². The number of hydrogen-bond donors (Lipinski definition) is 1. The number of carbonyl (C=O) groups is 2. The molecular formula is C49H37FN2O12S2. The summed E-state index contributed by atoms with van der Waals surface area (Å²) >= 11 is 0. The maximum Gasteiger partial charge on any atom is 0.291 e. The topological polar surface area (TPSA) is 175 Å². The number of halogens is 1. The Kier molecular flexibility index (Phi) is 10.7. The highest BCUT2D eigenvalue weighted by Gasteiger charge is 2.49. The predicted molar refractivity (Wildman–Crippen MR) is 233 cm³/mol. The van der Waals surface area contributed by atoms with Gasteiger partial charge in [-0.3, -0.25) is 9.59 Å². The zero-order valence-electron chi connectivity index (χ0n) is 34.6. The van der Waals surface area contributed by atoms with Gasteiger partial charge in [-0.1, -0.05) is 84.9 Å². The summed E-state index contributed by atoms with van der Waals surface area (Å²) in [5.41, 5.74) is 2.25. The highest BCUT2D eigenvalue weighted by Crippen LogP contribution is 2.47. The molecule has 66 heavy (non-hydrogen) atoms. The van der Waals surface area contributed by atoms with Gasteiger partial charge in [-0.2, -0.15) is 0 Å². The van der Waals surface area contributed by atoms with Crippen LogP contribution in [0.3, 0.4) is 0 Å². The first-order valence-electron chi connectivity index (χ1n) is 20.5. The third kappa shape index (κ3) is 7.54. The van der Waals surface area contributed by atoms with Crippen molar-refractivity contribution in [3.8, 4) is 23.0 Å². The van der Waals surface area contributed by atoms with Crippen molar-refractivity contribution in [2.45, 2.75) is 41.6 Å². The molecule has 0 aromatic heterocycles. The van der Waals surface area contributed by atoms with Crippen LogP contribution in [0.5, 0.6) is 23.0 Å². The van der Waals surface area contributed by atoms with Crippen LogP contribution in [0.15, 0.2) is 177 Å². The molecule has 0 fully saturated rings. The molecule has 4 heterocycles. The van der Waals surface area contributed by atoms with Crippen molar-refractivity contribution >= 4 is 31.5 Å². The van der Waals surface area contributed by atoms with Crippen LogP contribution in [0, 0.1) is 5.82 Å². The maximum atomic E-state index is 14.7. The molecule has 0 aliphatic carbocycles. The van der Waals surface area contributed by atoms with Gasteiger partial charge in [-0.25, -0.2) is 21.2 Å². The van der Waals surface area contributed by atoms with E-state index in [1.54, 1.807) is 84.9 Å². The average molecular weight is 929 g/mol. The summed E-state index contributed by atoms with van der Waals surface area (Å²) in [6, 6.07) is 34.3. The van der Waals surface area contributed by atoms with Gasteiger partial charge in [0.15, 0.2) is 28.8 Å². The highest BCUT2D eigenvalue weighted by molar-refractivity contribution is 7.95. The largest absolute Gasteiger partial charge is 0.502 e. The Morgan fingerprint density at radius 3 is 1.52 bits per heavy atom. The summed E-state index contributed by atoms with van der Waals surface area (Å²) in [4.78, 5) is 30.1. The normalized spacial score (nSPS) is 17.9. The fourth-order valence-corrected chi connectivity index (χ4v) is 11.8. The van der Waals surface area contributed by atoms with E-state index in [0.29, 0.717) is 50.8 Å². The fourth-order valence-electron chi connectivity index (χ4n) is 8.44. The minimum atomic E-state index is -4.46. The number of amides is 2. The second kappa shape index (κ2) is 16.7. The van der Waals surface area contributed by atoms with Gasteiger partial charge < -0.3 is 38.6 Å². The minimum absolute atomic E-state index is 0.0188. The zero-order chi connectivity index (χ0) is 45.7. The van der Waals surface area contributed by atoms with Crippen LogP contribution in [0.25, 0.3) is 0 Å². The van der Waals surface area contributed by atoms with Gasteiger partial charge >= 0.3 is 0 Å². The molecule has 0 spiro atoms. The van der Waals surface area contributed by atoms with Gasteiger partial charge in [-0.15, -0.1) is 0 Å². The Hall–Kier alpha value is -7.63. The lowest BCUT2D eigenvalue weighted by molar-refractivity contribution is -0.131. The van der Waals surface area contributed by atoms with Crippen molar-refractivity contribution in [1.82, 2.24) is 9.80 Å². The summed E-state index contributed by atoms with van der Waals surface area (Å²) in [5.74, 6) is -1.64. The third-order valence-electron chi connectivity index (χ3n) is 11.6. The molecule has 0 saturated carbocycles. The predicted octanol–water partition coefficient (Wildman–Crippen LogP) is 7.60. The number of hydrogen-bond acceptors (Lipinski definition) is 12. The second-order valence-corrected chi connectivity index (χ2v) is 19.5. The van der Waals surface area contributed by atoms with Gasteiger partial charge in [0.25, 0.3) is 11.8 Å². The van der Waals surface area contributed by atoms with Crippen molar-refractivity contribution in [3.05, 3.63) is 201 Å². The lowest BCUT2D eigenvalue weighted by Gasteiger charge is -2.27. The van der Waals surface area contributed by atoms with E-state index in [0.717, 1.165) is 0 Å². The molecule has 2 unspecified atom stereocenters. The second-order valence-electron chi connectivity index (χ2n) is 15.7. The summed E-state index contributed by atoms with van der Waals surface area (Å²) in [6.07, 6.45) is 0. The molecule has 2 atom stereocenters. The molecule has 14 nitrogen and oxygen atoms in total. The first kappa shape index (κ1) is 42.3. The van der Waals surface area contributed by atoms with Crippen LogP contribution in [-0.4, -0.2) is 57.1 Å². The Morgan fingerprint density at radius 1 is 0.545 bits per heavy atom. The van der Waals surface area contributed by atoms with Crippen molar-refractivity contribution < 1.29 is 59.6 Å². The van der Waals surface area contributed by atoms with Crippen molar-refractivity contribution in [2.24, 2.45) is 0 Å². The van der Waals surface area contributed by atoms with Crippen molar-refractivity contribution in [3.63, 3.8) is 0 Å². The highest BCUT2D eigenvalue weighted by atomic mass is 32.2. The maximum absolute atomic E-state index is 14.7. The summed E-state index contributed by atoms with van der Waals surface area (Å²) < 4.78 is 101. The van der Waals surface area contributed by atoms with E-state index in [1.807, 2.05) is 0 Å². The van der Waals surface area contributed by atoms with Gasteiger partial charge in [0.1, 0.15) is 22.2 Å². The minimum Gasteiger partial charge on any atom is -0.502 e. The molecule has 1 N–H and O–H groups in total. The molecule has 4 aliphatic heterocycles. The Morgan fingerprint density at radius 2 is 0.985 bits per heavy atom. The molecular weight excluding hydrogens is 892 g/mol. The van der Waals surface area contributed by atoms with E-state index in [1.165, 1.54) is 70.5 Å². The zero-order valence-corrected chi connectivity index (χ0v) is 36.2. The van der Waals surface area contributed by atoms with E-state index in [9.17, 15) is 35.9 Å². The molecule has 6 aromatic carbocycles. The van der Waals surface area contributed by atoms with Crippen LogP contribution in [0.4, 0.5) is 4.39 Å². The number of benzene rings is 6. The standard InChI is InChI=1S/C49H37FN2O12S2/c50-35-19-17-34(18-20-35)43-47(66(58,59)37-9-5-2-6-10-37)45(49(55)52(43)26-32-14-22-39-41(24-32)64-29-62-39)60-27-30-11-15-33(16-12-30)42-46(65(56,57)36-7-3-1-4-8-36)44(53)48(54)51(42)25-31-13-21-38-40(23-31)63-28-61-38/h1-24,42-43,53H,25-29H2. The number of carbonyl (C=O) groups excluding carboxylic acids is 2. The van der Waals surface area contributed by atoms with Crippen LogP contribution < -0.4 is 18.9 Å². The molecule has 0 bridgehead atoms. The van der Waals surface area contributed by atoms with E-state index < -0.39 is 65.8 Å². The SMILES string of the molecule is O=C1C(O)=C(S(=O)(=O)c2ccccc2)C(c2ccc(COC3=C(S(=O)(=O)c4ccccc4)C(c4ccc(F)cc4)N(Cc4ccc5c(c4)OCO5)C3=O)cc2)N1Cc1ccc2c(c1)OCO2. The molecule has 0 saturated heterocycles. The number of sulfone groups is 2. The average Bonchev–Trinajstić information content (AvgIpc) is 4.12. The van der Waals surface area contributed by atoms with Crippen LogP contribution in [-0.2, 0) is 53.7 Å². The van der Waals surface area contributed by atoms with Gasteiger partial charge in [0.2, 0.25) is 39.0 Å². The van der Waals surface area contributed by atoms with Crippen molar-refractivity contribution in [2.75, 3.05) is 13.6 Å². The Bertz CT molecular complexity index is 3200. The van der Waals surface area contributed by atoms with E-state index in [-0.39, 0.29) is 48.0 Å². The fraction of sp³-hybridized carbons (Fsp3) is 0.143. The number of aliphatic hydroxyl groups is 1. The summed E-state index contributed by atoms with van der Waals surface area (Å²) in [7, 11) is -8.89. The molecule has 334 valence electrons. The quantitative estimate of drug-likeness (QED) is 0.120. The van der Waals surface area contributed by atoms with Crippen molar-refractivity contribution in [1.29, 1.82) is 0 Å². The molecule has 10 rings (SSSR count). The number of aliphatic hydroxyl groups excluding tert-OH is 1. The smallest absolute Gasteiger partial charge is 0.291 e. The molecule has 2 amide bonds. The first-order valence-corrected chi connectivity index (χ1v) is 23.5. The van der Waals surface area contributed by atoms with Crippen LogP contribution in [0.2, 0.25) is 0 Å². The van der Waals surface area contributed by atoms with Gasteiger partial charge in [0.05, 0.1) is 21.9 Å². The lowest BCUT2D eigenvalue weighted by Crippen LogP contribution is -2.31. The lowest BCUT2D eigenvalue weighted by atomic mass is 10.0. The molecule has 6 aromatic rings. The summed E-state index contributed by atoms with van der Waals surface area (Å²) in [6.45, 7) is -0.499. The van der Waals surface area contributed by atoms with Crippen LogP contribution in [0.1, 0.15) is 39.9 Å². The van der Waals surface area contributed by atoms with E-state index in [4.69, 9.17) is 23.7 Å². The number of ether oxygens (including phenoxy) is 5. The molecule has 4 aliphatic rings. The van der Waals surface area contributed by atoms with Crippen LogP contribution >= 0.6 is 0 Å². The summed E-state index contributed by atoms with van der Waals surface area (Å²) in [5, 5.41) is 11.3. The number of fused-ring (bicyclic) bond motifs is 2. The Labute approximate surface area is 378 Å². The molecule has 17 heteroatoms. The first-order chi connectivity index (χ1) is 31.9. The Balaban J connectivity index is 1.01. The number of rotatable bonds is 13. The molecule has 0 radical (unpaired) electrons. The third-order valence-corrected chi connectivity index (χ3v) is 15.4. The van der Waals surface area contributed by atoms with E-state index in [2.05, 4.69) is 0 Å².